The van der Waals surface area contributed by atoms with E-state index in [4.69, 9.17) is 4.42 Å². The van der Waals surface area contributed by atoms with Gasteiger partial charge in [0.2, 0.25) is 0 Å². The minimum atomic E-state index is -0.279. The molecule has 0 aliphatic heterocycles. The number of benzene rings is 1. The average Bonchev–Trinajstić information content (AvgIpc) is 2.71. The maximum atomic E-state index is 11.7. The van der Waals surface area contributed by atoms with Crippen molar-refractivity contribution < 1.29 is 4.42 Å². The Labute approximate surface area is 134 Å². The highest BCUT2D eigenvalue weighted by Gasteiger charge is 2.23. The molecule has 1 heterocycles. The second-order valence-corrected chi connectivity index (χ2v) is 7.92. The third-order valence-electron chi connectivity index (χ3n) is 4.41. The van der Waals surface area contributed by atoms with Gasteiger partial charge in [0.15, 0.2) is 5.58 Å². The van der Waals surface area contributed by atoms with Gasteiger partial charge in [-0.3, -0.25) is 4.57 Å². The molecule has 0 saturated carbocycles. The van der Waals surface area contributed by atoms with Gasteiger partial charge in [-0.25, -0.2) is 4.79 Å². The molecule has 0 radical (unpaired) electrons. The Morgan fingerprint density at radius 1 is 1.33 bits per heavy atom. The molecule has 2 aromatic rings. The number of rotatable bonds is 4. The highest BCUT2D eigenvalue weighted by molar-refractivity contribution is 9.09. The first-order valence-electron chi connectivity index (χ1n) is 7.51. The van der Waals surface area contributed by atoms with Crippen LogP contribution in [0.15, 0.2) is 27.4 Å². The average molecular weight is 354 g/mol. The van der Waals surface area contributed by atoms with Gasteiger partial charge in [0.05, 0.1) is 5.52 Å². The van der Waals surface area contributed by atoms with Crippen molar-refractivity contribution in [3.05, 3.63) is 34.3 Å². The van der Waals surface area contributed by atoms with Crippen LogP contribution in [-0.2, 0) is 6.54 Å². The van der Waals surface area contributed by atoms with E-state index >= 15 is 0 Å². The first-order valence-corrected chi connectivity index (χ1v) is 8.43. The third-order valence-corrected chi connectivity index (χ3v) is 5.31. The Bertz CT molecular complexity index is 678. The number of alkyl halides is 1. The smallest absolute Gasteiger partial charge is 0.408 e. The quantitative estimate of drug-likeness (QED) is 0.714. The van der Waals surface area contributed by atoms with Crippen molar-refractivity contribution in [1.29, 1.82) is 0 Å². The van der Waals surface area contributed by atoms with E-state index in [1.54, 1.807) is 4.57 Å². The second kappa shape index (κ2) is 5.99. The van der Waals surface area contributed by atoms with E-state index in [-0.39, 0.29) is 16.0 Å². The van der Waals surface area contributed by atoms with Gasteiger partial charge in [0.1, 0.15) is 0 Å². The number of aryl methyl sites for hydroxylation is 1. The zero-order chi connectivity index (χ0) is 15.8. The predicted octanol–water partition coefficient (Wildman–Crippen LogP) is 5.12. The standard InChI is InChI=1S/C17H24BrNO2/c1-6-19-14-8-7-12(10-15(14)21-16(19)20)13(18)9-11(2)17(3,4)5/h7-8,10-11,13H,6,9H2,1-5H3. The highest BCUT2D eigenvalue weighted by Crippen LogP contribution is 2.38. The monoisotopic (exact) mass is 353 g/mol. The zero-order valence-corrected chi connectivity index (χ0v) is 15.0. The normalized spacial score (nSPS) is 15.3. The van der Waals surface area contributed by atoms with Gasteiger partial charge in [0, 0.05) is 11.4 Å². The number of hydrogen-bond acceptors (Lipinski definition) is 2. The van der Waals surface area contributed by atoms with E-state index in [1.807, 2.05) is 19.1 Å². The van der Waals surface area contributed by atoms with Crippen LogP contribution in [0.5, 0.6) is 0 Å². The fourth-order valence-corrected chi connectivity index (χ4v) is 3.22. The summed E-state index contributed by atoms with van der Waals surface area (Å²) in [5, 5.41) is 0. The van der Waals surface area contributed by atoms with Gasteiger partial charge in [-0.1, -0.05) is 49.7 Å². The fraction of sp³-hybridized carbons (Fsp3) is 0.588. The summed E-state index contributed by atoms with van der Waals surface area (Å²) in [5.74, 6) is 0.309. The van der Waals surface area contributed by atoms with Gasteiger partial charge >= 0.3 is 5.76 Å². The van der Waals surface area contributed by atoms with Crippen molar-refractivity contribution in [2.24, 2.45) is 11.3 Å². The molecular formula is C17H24BrNO2. The molecule has 116 valence electrons. The van der Waals surface area contributed by atoms with Crippen molar-refractivity contribution in [2.45, 2.75) is 52.4 Å². The van der Waals surface area contributed by atoms with Crippen LogP contribution in [0.3, 0.4) is 0 Å². The fourth-order valence-electron chi connectivity index (χ4n) is 2.38. The molecule has 0 fully saturated rings. The maximum absolute atomic E-state index is 11.7. The molecule has 1 aromatic heterocycles. The summed E-state index contributed by atoms with van der Waals surface area (Å²) >= 11 is 3.78. The largest absolute Gasteiger partial charge is 0.419 e. The van der Waals surface area contributed by atoms with Crippen molar-refractivity contribution in [3.63, 3.8) is 0 Å². The lowest BCUT2D eigenvalue weighted by Gasteiger charge is -2.29. The Kier molecular flexibility index (Phi) is 4.66. The molecule has 0 bridgehead atoms. The Morgan fingerprint density at radius 2 is 2.00 bits per heavy atom. The lowest BCUT2D eigenvalue weighted by atomic mass is 9.79. The van der Waals surface area contributed by atoms with E-state index in [0.29, 0.717) is 18.0 Å². The van der Waals surface area contributed by atoms with E-state index in [9.17, 15) is 4.79 Å². The number of oxazole rings is 1. The summed E-state index contributed by atoms with van der Waals surface area (Å²) in [4.78, 5) is 12.0. The summed E-state index contributed by atoms with van der Waals surface area (Å²) < 4.78 is 6.99. The zero-order valence-electron chi connectivity index (χ0n) is 13.4. The van der Waals surface area contributed by atoms with Crippen LogP contribution >= 0.6 is 15.9 Å². The molecule has 1 aromatic carbocycles. The number of aromatic nitrogens is 1. The number of nitrogens with zero attached hydrogens (tertiary/aromatic N) is 1. The topological polar surface area (TPSA) is 35.1 Å². The SMILES string of the molecule is CCn1c(=O)oc2cc(C(Br)CC(C)C(C)(C)C)ccc21. The molecule has 21 heavy (non-hydrogen) atoms. The summed E-state index contributed by atoms with van der Waals surface area (Å²) in [7, 11) is 0. The first kappa shape index (κ1) is 16.3. The number of halogens is 1. The van der Waals surface area contributed by atoms with E-state index < -0.39 is 0 Å². The van der Waals surface area contributed by atoms with Crippen molar-refractivity contribution in [3.8, 4) is 0 Å². The van der Waals surface area contributed by atoms with Crippen molar-refractivity contribution in [1.82, 2.24) is 4.57 Å². The lowest BCUT2D eigenvalue weighted by Crippen LogP contribution is -2.18. The van der Waals surface area contributed by atoms with E-state index in [1.165, 1.54) is 0 Å². The molecule has 0 aliphatic rings. The van der Waals surface area contributed by atoms with Crippen molar-refractivity contribution >= 4 is 27.0 Å². The summed E-state index contributed by atoms with van der Waals surface area (Å²) in [6.45, 7) is 11.6. The lowest BCUT2D eigenvalue weighted by molar-refractivity contribution is 0.246. The molecule has 3 nitrogen and oxygen atoms in total. The molecular weight excluding hydrogens is 330 g/mol. The van der Waals surface area contributed by atoms with Gasteiger partial charge in [0.25, 0.3) is 0 Å². The minimum absolute atomic E-state index is 0.270. The van der Waals surface area contributed by atoms with Gasteiger partial charge in [-0.2, -0.15) is 0 Å². The van der Waals surface area contributed by atoms with Crippen LogP contribution in [0.25, 0.3) is 11.1 Å². The highest BCUT2D eigenvalue weighted by atomic mass is 79.9. The molecule has 4 heteroatoms. The number of fused-ring (bicyclic) bond motifs is 1. The Morgan fingerprint density at radius 3 is 2.57 bits per heavy atom. The Hall–Kier alpha value is -1.03. The van der Waals surface area contributed by atoms with Crippen LogP contribution in [0.4, 0.5) is 0 Å². The molecule has 0 saturated heterocycles. The Balaban J connectivity index is 2.29. The van der Waals surface area contributed by atoms with Gasteiger partial charge < -0.3 is 4.42 Å². The van der Waals surface area contributed by atoms with Crippen LogP contribution in [-0.4, -0.2) is 4.57 Å². The molecule has 2 rings (SSSR count). The van der Waals surface area contributed by atoms with E-state index in [0.717, 1.165) is 17.5 Å². The molecule has 2 unspecified atom stereocenters. The van der Waals surface area contributed by atoms with E-state index in [2.05, 4.69) is 49.7 Å². The maximum Gasteiger partial charge on any atom is 0.419 e. The van der Waals surface area contributed by atoms with Crippen molar-refractivity contribution in [2.75, 3.05) is 0 Å². The summed E-state index contributed by atoms with van der Waals surface area (Å²) in [5.41, 5.74) is 2.99. The molecule has 0 spiro atoms. The molecule has 0 aliphatic carbocycles. The predicted molar refractivity (Wildman–Crippen MR) is 91.1 cm³/mol. The van der Waals surface area contributed by atoms with Crippen LogP contribution in [0.1, 0.15) is 51.4 Å². The van der Waals surface area contributed by atoms with Crippen LogP contribution in [0.2, 0.25) is 0 Å². The summed E-state index contributed by atoms with van der Waals surface area (Å²) in [6.07, 6.45) is 1.05. The summed E-state index contributed by atoms with van der Waals surface area (Å²) in [6, 6.07) is 6.05. The molecule has 0 N–H and O–H groups in total. The van der Waals surface area contributed by atoms with Crippen LogP contribution in [0, 0.1) is 11.3 Å². The molecule has 2 atom stereocenters. The first-order chi connectivity index (χ1) is 9.74. The van der Waals surface area contributed by atoms with Gasteiger partial charge in [-0.05, 0) is 42.4 Å². The second-order valence-electron chi connectivity index (χ2n) is 6.81. The minimum Gasteiger partial charge on any atom is -0.408 e. The number of hydrogen-bond donors (Lipinski definition) is 0. The van der Waals surface area contributed by atoms with Gasteiger partial charge in [-0.15, -0.1) is 0 Å². The molecule has 0 amide bonds. The third kappa shape index (κ3) is 3.42. The van der Waals surface area contributed by atoms with Crippen LogP contribution < -0.4 is 5.76 Å².